The van der Waals surface area contributed by atoms with E-state index in [0.29, 0.717) is 24.3 Å². The molecule has 4 rings (SSSR count). The molecular formula is C26H28F4O. The van der Waals surface area contributed by atoms with E-state index in [9.17, 15) is 13.2 Å². The van der Waals surface area contributed by atoms with Gasteiger partial charge in [0.15, 0.2) is 0 Å². The zero-order chi connectivity index (χ0) is 22.0. The molecule has 2 aliphatic rings. The Balaban J connectivity index is 1.49. The molecule has 2 aromatic rings. The Morgan fingerprint density at radius 2 is 1.74 bits per heavy atom. The fourth-order valence-electron chi connectivity index (χ4n) is 5.12. The number of benzene rings is 2. The molecule has 1 saturated carbocycles. The van der Waals surface area contributed by atoms with Gasteiger partial charge >= 0.3 is 6.36 Å². The van der Waals surface area contributed by atoms with E-state index < -0.39 is 6.36 Å². The summed E-state index contributed by atoms with van der Waals surface area (Å²) in [5.41, 5.74) is 4.15. The van der Waals surface area contributed by atoms with Gasteiger partial charge in [-0.25, -0.2) is 4.39 Å². The molecule has 166 valence electrons. The van der Waals surface area contributed by atoms with E-state index >= 15 is 4.39 Å². The number of ether oxygens (including phenoxy) is 1. The summed E-state index contributed by atoms with van der Waals surface area (Å²) in [6.45, 7) is 2.23. The van der Waals surface area contributed by atoms with Gasteiger partial charge in [-0.05, 0) is 90.8 Å². The van der Waals surface area contributed by atoms with Gasteiger partial charge in [0.05, 0.1) is 0 Å². The zero-order valence-corrected chi connectivity index (χ0v) is 17.8. The van der Waals surface area contributed by atoms with Crippen LogP contribution in [0.25, 0.3) is 11.6 Å². The Hall–Kier alpha value is -2.30. The lowest BCUT2D eigenvalue weighted by Crippen LogP contribution is -2.17. The van der Waals surface area contributed by atoms with E-state index in [-0.39, 0.29) is 11.6 Å². The maximum atomic E-state index is 15.0. The number of allylic oxidation sites excluding steroid dienone is 1. The zero-order valence-electron chi connectivity index (χ0n) is 17.8. The maximum Gasteiger partial charge on any atom is 0.573 e. The van der Waals surface area contributed by atoms with E-state index in [1.807, 2.05) is 12.1 Å². The van der Waals surface area contributed by atoms with Crippen LogP contribution < -0.4 is 4.74 Å². The SMILES string of the molecule is CCCC1CCC(c2ccc(C3=Cc4ccc(OC(F)(F)F)cc4CC3)c(F)c2)CC1. The first kappa shape index (κ1) is 21.9. The maximum absolute atomic E-state index is 15.0. The Morgan fingerprint density at radius 3 is 2.42 bits per heavy atom. The quantitative estimate of drug-likeness (QED) is 0.432. The van der Waals surface area contributed by atoms with Crippen molar-refractivity contribution in [1.29, 1.82) is 0 Å². The van der Waals surface area contributed by atoms with Gasteiger partial charge < -0.3 is 4.74 Å². The number of aryl methyl sites for hydroxylation is 1. The minimum atomic E-state index is -4.70. The normalized spacial score (nSPS) is 21.4. The molecule has 5 heteroatoms. The first-order valence-electron chi connectivity index (χ1n) is 11.2. The first-order valence-corrected chi connectivity index (χ1v) is 11.2. The molecule has 2 aromatic carbocycles. The molecule has 1 nitrogen and oxygen atoms in total. The molecule has 0 aliphatic heterocycles. The van der Waals surface area contributed by atoms with E-state index in [1.54, 1.807) is 12.1 Å². The van der Waals surface area contributed by atoms with Gasteiger partial charge in [0.1, 0.15) is 11.6 Å². The lowest BCUT2D eigenvalue weighted by atomic mass is 9.77. The van der Waals surface area contributed by atoms with Crippen LogP contribution >= 0.6 is 0 Å². The second-order valence-electron chi connectivity index (χ2n) is 8.82. The van der Waals surface area contributed by atoms with Gasteiger partial charge in [-0.1, -0.05) is 44.0 Å². The van der Waals surface area contributed by atoms with E-state index in [1.165, 1.54) is 37.8 Å². The van der Waals surface area contributed by atoms with Crippen LogP contribution in [0.15, 0.2) is 36.4 Å². The van der Waals surface area contributed by atoms with Crippen LogP contribution in [0.4, 0.5) is 17.6 Å². The number of fused-ring (bicyclic) bond motifs is 1. The minimum absolute atomic E-state index is 0.208. The summed E-state index contributed by atoms with van der Waals surface area (Å²) in [7, 11) is 0. The summed E-state index contributed by atoms with van der Waals surface area (Å²) in [6, 6.07) is 9.96. The second kappa shape index (κ2) is 9.05. The second-order valence-corrected chi connectivity index (χ2v) is 8.82. The van der Waals surface area contributed by atoms with Crippen LogP contribution in [0.1, 0.15) is 80.0 Å². The van der Waals surface area contributed by atoms with Crippen LogP contribution in [0.5, 0.6) is 5.75 Å². The summed E-state index contributed by atoms with van der Waals surface area (Å²) in [6.07, 6.45) is 5.54. The lowest BCUT2D eigenvalue weighted by Gasteiger charge is -2.29. The van der Waals surface area contributed by atoms with E-state index in [0.717, 1.165) is 41.0 Å². The topological polar surface area (TPSA) is 9.23 Å². The van der Waals surface area contributed by atoms with Crippen molar-refractivity contribution in [3.8, 4) is 5.75 Å². The van der Waals surface area contributed by atoms with E-state index in [4.69, 9.17) is 0 Å². The van der Waals surface area contributed by atoms with Gasteiger partial charge in [-0.15, -0.1) is 13.2 Å². The molecule has 0 heterocycles. The Labute approximate surface area is 181 Å². The molecule has 0 saturated heterocycles. The number of hydrogen-bond acceptors (Lipinski definition) is 1. The third-order valence-electron chi connectivity index (χ3n) is 6.70. The van der Waals surface area contributed by atoms with Crippen LogP contribution in [-0.4, -0.2) is 6.36 Å². The number of alkyl halides is 3. The number of hydrogen-bond donors (Lipinski definition) is 0. The molecule has 0 spiro atoms. The summed E-state index contributed by atoms with van der Waals surface area (Å²) >= 11 is 0. The molecule has 31 heavy (non-hydrogen) atoms. The van der Waals surface area contributed by atoms with Crippen molar-refractivity contribution in [1.82, 2.24) is 0 Å². The molecule has 1 fully saturated rings. The van der Waals surface area contributed by atoms with Crippen molar-refractivity contribution < 1.29 is 22.3 Å². The molecule has 0 unspecified atom stereocenters. The minimum Gasteiger partial charge on any atom is -0.406 e. The van der Waals surface area contributed by atoms with Crippen molar-refractivity contribution >= 4 is 11.6 Å². The summed E-state index contributed by atoms with van der Waals surface area (Å²) < 4.78 is 56.4. The summed E-state index contributed by atoms with van der Waals surface area (Å²) in [5, 5.41) is 0. The molecule has 0 radical (unpaired) electrons. The monoisotopic (exact) mass is 432 g/mol. The Kier molecular flexibility index (Phi) is 6.40. The van der Waals surface area contributed by atoms with Gasteiger partial charge in [0.2, 0.25) is 0 Å². The van der Waals surface area contributed by atoms with Gasteiger partial charge in [-0.2, -0.15) is 0 Å². The molecule has 0 atom stereocenters. The van der Waals surface area contributed by atoms with Gasteiger partial charge in [0, 0.05) is 5.56 Å². The Morgan fingerprint density at radius 1 is 0.968 bits per heavy atom. The molecule has 0 amide bonds. The third kappa shape index (κ3) is 5.31. The van der Waals surface area contributed by atoms with Gasteiger partial charge in [-0.3, -0.25) is 0 Å². The highest BCUT2D eigenvalue weighted by molar-refractivity contribution is 5.84. The highest BCUT2D eigenvalue weighted by Crippen LogP contribution is 2.39. The lowest BCUT2D eigenvalue weighted by molar-refractivity contribution is -0.274. The number of rotatable bonds is 5. The van der Waals surface area contributed by atoms with Crippen molar-refractivity contribution in [2.24, 2.45) is 5.92 Å². The van der Waals surface area contributed by atoms with Crippen molar-refractivity contribution in [3.63, 3.8) is 0 Å². The molecule has 0 bridgehead atoms. The molecule has 0 N–H and O–H groups in total. The number of halogens is 4. The van der Waals surface area contributed by atoms with Crippen LogP contribution in [-0.2, 0) is 6.42 Å². The highest BCUT2D eigenvalue weighted by Gasteiger charge is 2.31. The third-order valence-corrected chi connectivity index (χ3v) is 6.70. The molecule has 2 aliphatic carbocycles. The van der Waals surface area contributed by atoms with Crippen molar-refractivity contribution in [2.75, 3.05) is 0 Å². The van der Waals surface area contributed by atoms with Crippen molar-refractivity contribution in [2.45, 2.75) is 70.6 Å². The fourth-order valence-corrected chi connectivity index (χ4v) is 5.12. The van der Waals surface area contributed by atoms with Crippen molar-refractivity contribution in [3.05, 3.63) is 64.5 Å². The van der Waals surface area contributed by atoms with Crippen LogP contribution in [0.3, 0.4) is 0 Å². The van der Waals surface area contributed by atoms with Crippen LogP contribution in [0.2, 0.25) is 0 Å². The summed E-state index contributed by atoms with van der Waals surface area (Å²) in [4.78, 5) is 0. The molecular weight excluding hydrogens is 404 g/mol. The van der Waals surface area contributed by atoms with Gasteiger partial charge in [0.25, 0.3) is 0 Å². The average Bonchev–Trinajstić information content (AvgIpc) is 2.73. The fraction of sp³-hybridized carbons (Fsp3) is 0.462. The van der Waals surface area contributed by atoms with Crippen LogP contribution in [0, 0.1) is 11.7 Å². The first-order chi connectivity index (χ1) is 14.8. The standard InChI is InChI=1S/C26H28F4O/c1-2-3-17-4-6-18(7-5-17)21-11-13-24(25(27)16-21)22-9-8-20-15-23(31-26(28,29)30)12-10-19(20)14-22/h10-18H,2-9H2,1H3. The average molecular weight is 433 g/mol. The largest absolute Gasteiger partial charge is 0.573 e. The molecule has 0 aromatic heterocycles. The summed E-state index contributed by atoms with van der Waals surface area (Å²) in [5.74, 6) is 0.830. The smallest absolute Gasteiger partial charge is 0.406 e. The Bertz CT molecular complexity index is 952. The highest BCUT2D eigenvalue weighted by atomic mass is 19.4. The predicted octanol–water partition coefficient (Wildman–Crippen LogP) is 8.29. The predicted molar refractivity (Wildman–Crippen MR) is 115 cm³/mol. The van der Waals surface area contributed by atoms with E-state index in [2.05, 4.69) is 17.7 Å².